The van der Waals surface area contributed by atoms with Crippen LogP contribution in [0.3, 0.4) is 0 Å². The van der Waals surface area contributed by atoms with Gasteiger partial charge in [-0.1, -0.05) is 78.9 Å². The van der Waals surface area contributed by atoms with Crippen LogP contribution in [0.5, 0.6) is 11.5 Å². The molecule has 0 radical (unpaired) electrons. The van der Waals surface area contributed by atoms with E-state index in [1.54, 1.807) is 14.3 Å². The van der Waals surface area contributed by atoms with Crippen molar-refractivity contribution in [2.75, 3.05) is 38.3 Å². The highest BCUT2D eigenvalue weighted by Crippen LogP contribution is 2.33. The van der Waals surface area contributed by atoms with Crippen molar-refractivity contribution in [1.29, 1.82) is 0 Å². The highest BCUT2D eigenvalue weighted by Gasteiger charge is 2.28. The van der Waals surface area contributed by atoms with Crippen LogP contribution in [-0.4, -0.2) is 69.2 Å². The zero-order chi connectivity index (χ0) is 32.5. The summed E-state index contributed by atoms with van der Waals surface area (Å²) in [6.45, 7) is 2.39. The number of carbonyl (C=O) groups excluding carboxylic acids is 2. The number of piperazine rings is 1. The Morgan fingerprint density at radius 3 is 2.12 bits per heavy atom. The average molecular weight is 637 g/mol. The van der Waals surface area contributed by atoms with Crippen molar-refractivity contribution in [3.8, 4) is 34.0 Å². The second-order valence-electron chi connectivity index (χ2n) is 11.7. The minimum atomic E-state index is -0.171. The molecule has 6 aromatic rings. The van der Waals surface area contributed by atoms with Crippen LogP contribution in [0.1, 0.15) is 26.4 Å². The van der Waals surface area contributed by atoms with Gasteiger partial charge in [-0.05, 0) is 35.9 Å². The largest absolute Gasteiger partial charge is 0.454 e. The van der Waals surface area contributed by atoms with Crippen LogP contribution in [0, 0.1) is 0 Å². The van der Waals surface area contributed by atoms with Crippen LogP contribution in [0.25, 0.3) is 28.2 Å². The predicted octanol–water partition coefficient (Wildman–Crippen LogP) is 6.00. The number of rotatable bonds is 7. The SMILES string of the molecule is O=C(c1cc(-c2ccccc2)n2nc(-c3ccccc3)cc2n1)N1CCN(C(=O)c2ccccc2NCc2ccc3c(c2)OCO3)CC1. The van der Waals surface area contributed by atoms with E-state index in [9.17, 15) is 9.59 Å². The first kappa shape index (κ1) is 29.3. The summed E-state index contributed by atoms with van der Waals surface area (Å²) in [7, 11) is 0. The molecule has 0 spiro atoms. The molecule has 48 heavy (non-hydrogen) atoms. The number of carbonyl (C=O) groups is 2. The van der Waals surface area contributed by atoms with Crippen molar-refractivity contribution in [3.05, 3.63) is 132 Å². The lowest BCUT2D eigenvalue weighted by Crippen LogP contribution is -2.50. The number of anilines is 1. The fourth-order valence-corrected chi connectivity index (χ4v) is 6.17. The first-order chi connectivity index (χ1) is 23.6. The molecule has 0 unspecified atom stereocenters. The first-order valence-corrected chi connectivity index (χ1v) is 15.9. The maximum atomic E-state index is 13.9. The Hall–Kier alpha value is -6.16. The summed E-state index contributed by atoms with van der Waals surface area (Å²) in [5.41, 5.74) is 6.77. The van der Waals surface area contributed by atoms with Crippen LogP contribution in [-0.2, 0) is 6.54 Å². The molecule has 0 atom stereocenters. The summed E-state index contributed by atoms with van der Waals surface area (Å²) in [5.74, 6) is 1.21. The van der Waals surface area contributed by atoms with Gasteiger partial charge < -0.3 is 24.6 Å². The average Bonchev–Trinajstić information content (AvgIpc) is 3.81. The van der Waals surface area contributed by atoms with Gasteiger partial charge in [0.05, 0.1) is 17.0 Å². The van der Waals surface area contributed by atoms with Crippen LogP contribution >= 0.6 is 0 Å². The molecule has 4 heterocycles. The molecule has 2 aromatic heterocycles. The third-order valence-electron chi connectivity index (χ3n) is 8.72. The van der Waals surface area contributed by atoms with E-state index in [1.807, 2.05) is 115 Å². The van der Waals surface area contributed by atoms with Gasteiger partial charge in [-0.3, -0.25) is 9.59 Å². The summed E-state index contributed by atoms with van der Waals surface area (Å²) in [5, 5.41) is 8.26. The number of nitrogens with one attached hydrogen (secondary N) is 1. The molecule has 1 N–H and O–H groups in total. The van der Waals surface area contributed by atoms with E-state index >= 15 is 0 Å². The van der Waals surface area contributed by atoms with E-state index < -0.39 is 0 Å². The van der Waals surface area contributed by atoms with E-state index in [1.165, 1.54) is 0 Å². The highest BCUT2D eigenvalue weighted by molar-refractivity contribution is 6.00. The normalized spacial score (nSPS) is 13.9. The van der Waals surface area contributed by atoms with Crippen molar-refractivity contribution in [1.82, 2.24) is 24.4 Å². The van der Waals surface area contributed by atoms with Crippen LogP contribution in [0.15, 0.2) is 115 Å². The minimum absolute atomic E-state index is 0.0745. The lowest BCUT2D eigenvalue weighted by Gasteiger charge is -2.35. The Balaban J connectivity index is 0.984. The van der Waals surface area contributed by atoms with Crippen molar-refractivity contribution in [2.24, 2.45) is 0 Å². The van der Waals surface area contributed by atoms with Crippen molar-refractivity contribution in [2.45, 2.75) is 6.54 Å². The molecule has 10 heteroatoms. The molecule has 2 aliphatic rings. The molecule has 4 aromatic carbocycles. The fourth-order valence-electron chi connectivity index (χ4n) is 6.17. The number of nitrogens with zero attached hydrogens (tertiary/aromatic N) is 5. The molecule has 2 amide bonds. The van der Waals surface area contributed by atoms with Gasteiger partial charge in [-0.2, -0.15) is 5.10 Å². The monoisotopic (exact) mass is 636 g/mol. The standard InChI is InChI=1S/C38H32N6O4/c45-37(29-13-7-8-14-30(29)39-24-26-15-16-34-35(21-26)48-25-47-34)42-17-19-43(20-18-42)38(46)32-22-33(28-11-5-2-6-12-28)44-36(40-32)23-31(41-44)27-9-3-1-4-10-27/h1-16,21-23,39H,17-20,24-25H2. The second kappa shape index (κ2) is 12.6. The number of aromatic nitrogens is 3. The van der Waals surface area contributed by atoms with Crippen LogP contribution in [0.2, 0.25) is 0 Å². The van der Waals surface area contributed by atoms with Crippen molar-refractivity contribution >= 4 is 23.1 Å². The number of benzene rings is 4. The molecule has 238 valence electrons. The number of hydrogen-bond donors (Lipinski definition) is 1. The van der Waals surface area contributed by atoms with E-state index in [4.69, 9.17) is 19.6 Å². The number of hydrogen-bond acceptors (Lipinski definition) is 7. The Bertz CT molecular complexity index is 2120. The van der Waals surface area contributed by atoms with Crippen molar-refractivity contribution in [3.63, 3.8) is 0 Å². The maximum absolute atomic E-state index is 13.9. The van der Waals surface area contributed by atoms with Crippen LogP contribution < -0.4 is 14.8 Å². The molecule has 2 aliphatic heterocycles. The summed E-state index contributed by atoms with van der Waals surface area (Å²) < 4.78 is 12.7. The highest BCUT2D eigenvalue weighted by atomic mass is 16.7. The van der Waals surface area contributed by atoms with E-state index in [-0.39, 0.29) is 18.6 Å². The molecule has 8 rings (SSSR count). The zero-order valence-electron chi connectivity index (χ0n) is 26.1. The second-order valence-corrected chi connectivity index (χ2v) is 11.7. The van der Waals surface area contributed by atoms with E-state index in [2.05, 4.69) is 5.32 Å². The van der Waals surface area contributed by atoms with Crippen LogP contribution in [0.4, 0.5) is 5.69 Å². The summed E-state index contributed by atoms with van der Waals surface area (Å²) in [6, 6.07) is 36.9. The third kappa shape index (κ3) is 5.68. The number of ether oxygens (including phenoxy) is 2. The Morgan fingerprint density at radius 2 is 1.35 bits per heavy atom. The van der Waals surface area contributed by atoms with E-state index in [0.29, 0.717) is 49.6 Å². The molecular weight excluding hydrogens is 604 g/mol. The van der Waals surface area contributed by atoms with Crippen molar-refractivity contribution < 1.29 is 19.1 Å². The molecule has 0 bridgehead atoms. The fraction of sp³-hybridized carbons (Fsp3) is 0.158. The van der Waals surface area contributed by atoms with Gasteiger partial charge >= 0.3 is 0 Å². The van der Waals surface area contributed by atoms with Gasteiger partial charge in [-0.15, -0.1) is 0 Å². The summed E-state index contributed by atoms with van der Waals surface area (Å²) in [4.78, 5) is 36.0. The van der Waals surface area contributed by atoms with Gasteiger partial charge in [0.2, 0.25) is 6.79 Å². The van der Waals surface area contributed by atoms with E-state index in [0.717, 1.165) is 45.3 Å². The maximum Gasteiger partial charge on any atom is 0.272 e. The Morgan fingerprint density at radius 1 is 0.688 bits per heavy atom. The predicted molar refractivity (Wildman–Crippen MR) is 182 cm³/mol. The van der Waals surface area contributed by atoms with Gasteiger partial charge in [0.25, 0.3) is 11.8 Å². The molecule has 0 aliphatic carbocycles. The zero-order valence-corrected chi connectivity index (χ0v) is 26.1. The summed E-state index contributed by atoms with van der Waals surface area (Å²) in [6.07, 6.45) is 0. The number of para-hydroxylation sites is 1. The number of amides is 2. The van der Waals surface area contributed by atoms with Gasteiger partial charge in [0.1, 0.15) is 5.69 Å². The molecule has 0 saturated carbocycles. The quantitative estimate of drug-likeness (QED) is 0.229. The van der Waals surface area contributed by atoms with Gasteiger partial charge in [-0.25, -0.2) is 9.50 Å². The third-order valence-corrected chi connectivity index (χ3v) is 8.72. The molecule has 10 nitrogen and oxygen atoms in total. The smallest absolute Gasteiger partial charge is 0.272 e. The lowest BCUT2D eigenvalue weighted by molar-refractivity contribution is 0.0533. The van der Waals surface area contributed by atoms with Gasteiger partial charge in [0.15, 0.2) is 17.1 Å². The first-order valence-electron chi connectivity index (χ1n) is 15.9. The topological polar surface area (TPSA) is 101 Å². The Kier molecular flexibility index (Phi) is 7.66. The Labute approximate surface area is 277 Å². The van der Waals surface area contributed by atoms with Gasteiger partial charge in [0, 0.05) is 55.6 Å². The minimum Gasteiger partial charge on any atom is -0.454 e. The summed E-state index contributed by atoms with van der Waals surface area (Å²) >= 11 is 0. The molecule has 1 saturated heterocycles. The lowest BCUT2D eigenvalue weighted by atomic mass is 10.1. The molecule has 1 fully saturated rings. The molecular formula is C38H32N6O4. The number of fused-ring (bicyclic) bond motifs is 2.